The summed E-state index contributed by atoms with van der Waals surface area (Å²) in [4.78, 5) is 101. The number of rotatable bonds is 45. The first-order chi connectivity index (χ1) is 53.0. The number of alkyl carbamates (subject to hydrolysis) is 2. The number of methoxy groups -OCH3 is 7. The lowest BCUT2D eigenvalue weighted by Crippen LogP contribution is -2.36. The zero-order valence-electron chi connectivity index (χ0n) is 73.0. The van der Waals surface area contributed by atoms with E-state index in [0.29, 0.717) is 56.9 Å². The van der Waals surface area contributed by atoms with Gasteiger partial charge in [0.25, 0.3) is 0 Å². The minimum Gasteiger partial charge on any atom is -0.497 e. The minimum absolute atomic E-state index is 0. The molecule has 0 saturated heterocycles. The van der Waals surface area contributed by atoms with Gasteiger partial charge in [-0.25, -0.2) is 9.59 Å². The van der Waals surface area contributed by atoms with Gasteiger partial charge in [0, 0.05) is 45.8 Å². The third-order valence-corrected chi connectivity index (χ3v) is 22.5. The highest BCUT2D eigenvalue weighted by Crippen LogP contribution is 2.29. The second kappa shape index (κ2) is 75.8. The Kier molecular flexibility index (Phi) is 82.8. The van der Waals surface area contributed by atoms with Crippen molar-refractivity contribution in [2.75, 3.05) is 69.4 Å². The number of hydrogen-bond donors (Lipinski definition) is 4. The summed E-state index contributed by atoms with van der Waals surface area (Å²) in [6.45, 7) is 35.8. The van der Waals surface area contributed by atoms with E-state index >= 15 is 0 Å². The largest absolute Gasteiger partial charge is 0.497 e. The maximum Gasteiger partial charge on any atom is 0.407 e. The third kappa shape index (κ3) is 71.2. The van der Waals surface area contributed by atoms with Crippen molar-refractivity contribution in [3.63, 3.8) is 0 Å². The predicted octanol–water partition coefficient (Wildman–Crippen LogP) is 23.5. The molecule has 3 aromatic carbocycles. The number of esters is 4. The molecule has 3 aromatic rings. The van der Waals surface area contributed by atoms with Crippen LogP contribution in [0.15, 0.2) is 72.8 Å². The van der Waals surface area contributed by atoms with E-state index in [1.54, 1.807) is 77.4 Å². The van der Waals surface area contributed by atoms with E-state index in [-0.39, 0.29) is 125 Å². The van der Waals surface area contributed by atoms with Crippen LogP contribution in [-0.4, -0.2) is 159 Å². The second-order valence-electron chi connectivity index (χ2n) is 30.8. The average Bonchev–Trinajstić information content (AvgIpc) is 0.910. The van der Waals surface area contributed by atoms with Crippen molar-refractivity contribution in [1.82, 2.24) is 10.6 Å². The third-order valence-electron chi connectivity index (χ3n) is 18.4. The molecule has 696 valence electrons. The Morgan fingerprint density at radius 1 is 0.370 bits per heavy atom. The molecule has 12 atom stereocenters. The van der Waals surface area contributed by atoms with Crippen molar-refractivity contribution in [2.45, 2.75) is 310 Å². The number of carboxylic acids is 2. The molecule has 6 unspecified atom stereocenters. The summed E-state index contributed by atoms with van der Waals surface area (Å²) in [7, 11) is 10.5. The van der Waals surface area contributed by atoms with Gasteiger partial charge in [-0.3, -0.25) is 38.9 Å². The summed E-state index contributed by atoms with van der Waals surface area (Å²) >= 11 is 4.99. The van der Waals surface area contributed by atoms with Crippen molar-refractivity contribution in [2.24, 2.45) is 53.3 Å². The monoisotopic (exact) mass is 1750 g/mol. The van der Waals surface area contributed by atoms with Crippen molar-refractivity contribution in [3.05, 3.63) is 99.6 Å². The molecule has 3 rings (SSSR count). The molecule has 27 heteroatoms. The topological polar surface area (TPSA) is 327 Å². The van der Waals surface area contributed by atoms with Gasteiger partial charge in [-0.15, -0.1) is 11.8 Å². The number of hydrogen-bond acceptors (Lipinski definition) is 22. The molecule has 2 amide bonds. The zero-order valence-corrected chi connectivity index (χ0v) is 75.5. The van der Waals surface area contributed by atoms with Crippen LogP contribution in [0.25, 0.3) is 0 Å². The lowest BCUT2D eigenvalue weighted by atomic mass is 9.96. The molecule has 0 spiro atoms. The number of aliphatic carboxylic acids is 2. The molecule has 0 saturated carbocycles. The highest BCUT2D eigenvalue weighted by Gasteiger charge is 2.25. The van der Waals surface area contributed by atoms with Gasteiger partial charge in [0.2, 0.25) is 6.54 Å². The quantitative estimate of drug-likeness (QED) is 0.0177. The molecule has 0 bridgehead atoms. The average molecular weight is 1750 g/mol. The van der Waals surface area contributed by atoms with Gasteiger partial charge >= 0.3 is 48.0 Å². The molecule has 119 heavy (non-hydrogen) atoms. The molecule has 0 fully saturated rings. The number of ether oxygens (including phenoxy) is 9. The van der Waals surface area contributed by atoms with Gasteiger partial charge in [-0.2, -0.15) is 23.5 Å². The molecule has 0 aliphatic heterocycles. The maximum atomic E-state index is 12.0. The first-order valence-electron chi connectivity index (χ1n) is 39.6. The van der Waals surface area contributed by atoms with Crippen LogP contribution in [0, 0.1) is 63.4 Å². The van der Waals surface area contributed by atoms with Crippen LogP contribution in [-0.2, 0) is 74.4 Å². The fourth-order valence-electron chi connectivity index (χ4n) is 9.76. The molecule has 24 nitrogen and oxygen atoms in total. The number of nitro groups is 1. The van der Waals surface area contributed by atoms with Crippen molar-refractivity contribution < 1.29 is 96.1 Å². The van der Waals surface area contributed by atoms with Crippen molar-refractivity contribution in [3.8, 4) is 17.2 Å². The Hall–Kier alpha value is -7.13. The van der Waals surface area contributed by atoms with E-state index < -0.39 is 41.2 Å². The van der Waals surface area contributed by atoms with E-state index in [4.69, 9.17) is 38.6 Å². The van der Waals surface area contributed by atoms with Gasteiger partial charge in [0.05, 0.1) is 90.5 Å². The molecular formula is C92H169N3O21S3. The van der Waals surface area contributed by atoms with Crippen LogP contribution in [0.1, 0.15) is 282 Å². The first-order valence-corrected chi connectivity index (χ1v) is 42.7. The van der Waals surface area contributed by atoms with E-state index in [1.807, 2.05) is 135 Å². The van der Waals surface area contributed by atoms with Crippen LogP contribution < -0.4 is 24.8 Å². The van der Waals surface area contributed by atoms with E-state index in [1.165, 1.54) is 46.8 Å². The lowest BCUT2D eigenvalue weighted by Gasteiger charge is -2.22. The molecule has 0 heterocycles. The summed E-state index contributed by atoms with van der Waals surface area (Å²) in [5.74, 6) is 3.78. The summed E-state index contributed by atoms with van der Waals surface area (Å²) in [5.41, 5.74) is 2.33. The normalized spacial score (nSPS) is 13.3. The maximum absolute atomic E-state index is 12.0. The first kappa shape index (κ1) is 130. The molecule has 0 radical (unpaired) electrons. The van der Waals surface area contributed by atoms with Crippen LogP contribution >= 0.6 is 35.3 Å². The number of carbonyl (C=O) groups is 8. The van der Waals surface area contributed by atoms with Crippen LogP contribution in [0.4, 0.5) is 9.59 Å². The lowest BCUT2D eigenvalue weighted by molar-refractivity contribution is -0.479. The van der Waals surface area contributed by atoms with E-state index in [9.17, 15) is 48.5 Å². The summed E-state index contributed by atoms with van der Waals surface area (Å²) < 4.78 is 44.8. The number of nitrogens with zero attached hydrogens (tertiary/aromatic N) is 1. The minimum atomic E-state index is -0.797. The summed E-state index contributed by atoms with van der Waals surface area (Å²) in [6.07, 6.45) is 12.5. The van der Waals surface area contributed by atoms with Gasteiger partial charge in [0.15, 0.2) is 0 Å². The Bertz CT molecular complexity index is 3030. The van der Waals surface area contributed by atoms with Gasteiger partial charge in [-0.05, 0) is 189 Å². The van der Waals surface area contributed by atoms with Gasteiger partial charge in [0.1, 0.15) is 28.5 Å². The summed E-state index contributed by atoms with van der Waals surface area (Å²) in [6, 6.07) is 23.4. The second-order valence-corrected chi connectivity index (χ2v) is 34.7. The Labute approximate surface area is 735 Å². The highest BCUT2D eigenvalue weighted by molar-refractivity contribution is 7.99. The number of amides is 2. The number of nitrogens with one attached hydrogen (secondary N) is 2. The molecule has 4 N–H and O–H groups in total. The van der Waals surface area contributed by atoms with E-state index in [0.717, 1.165) is 103 Å². The Morgan fingerprint density at radius 3 is 0.798 bits per heavy atom. The molecule has 0 aromatic heterocycles. The number of benzene rings is 3. The molecule has 0 aliphatic rings. The van der Waals surface area contributed by atoms with Gasteiger partial charge < -0.3 is 63.5 Å². The standard InChI is InChI=1S/C21H33NO5S.C20H31NO5S.C16H23NO5S.2C10H20O2.C9H18O2.6CH4/c1-15(19(23)26-6)7-12-18(13-22-20(24)27-21(2,3)4)28-14-16-8-10-17(25-5)11-9-16;1-14(18(22)23)6-11-17(12-21-19(24)26-20(2,3)4)27-13-15-7-9-16(25-5)10-8-15;1-12(16(18)22-3)4-9-15(10-17(19)20)23-11-13-5-7-14(21-2)8-6-13;2*1-5-8(2)6-7-9(3)10(11)12-4;1-4-7(2)5-6-8(3)9(10)11;;;;;;/h8-11,15,18H,7,12-14H2,1-6H3,(H,22,24);7-10,14,17H,6,11-13H2,1-5H3,(H,21,24)(H,22,23);5-8,12,15H,4,9-11H2,1-3H3;2*8-9H,5-7H2,1-4H3;7-8H,4-6H2,1-3H3,(H,10,11);6*1H4/t15-,18?;14-,17?;12-,15?;2*8?,9-;7?,8-;;;;;;/m000000....../s1. The smallest absolute Gasteiger partial charge is 0.407 e. The number of carbonyl (C=O) groups excluding carboxylic acids is 6. The van der Waals surface area contributed by atoms with E-state index in [2.05, 4.69) is 66.4 Å². The van der Waals surface area contributed by atoms with Gasteiger partial charge in [-0.1, -0.05) is 183 Å². The fraction of sp³-hybridized carbons (Fsp3) is 0.717. The predicted molar refractivity (Wildman–Crippen MR) is 497 cm³/mol. The summed E-state index contributed by atoms with van der Waals surface area (Å²) in [5, 5.41) is 34.2. The van der Waals surface area contributed by atoms with Crippen molar-refractivity contribution in [1.29, 1.82) is 0 Å². The Balaban J connectivity index is -0.000000179. The van der Waals surface area contributed by atoms with Crippen LogP contribution in [0.5, 0.6) is 17.2 Å². The number of thioether (sulfide) groups is 3. The molecule has 0 aliphatic carbocycles. The van der Waals surface area contributed by atoms with Crippen LogP contribution in [0.2, 0.25) is 0 Å². The molecular weight excluding hydrogens is 1580 g/mol. The number of carboxylic acid groups (broad SMARTS) is 2. The zero-order chi connectivity index (χ0) is 86.8. The fourth-order valence-corrected chi connectivity index (χ4v) is 13.2. The van der Waals surface area contributed by atoms with Crippen molar-refractivity contribution >= 4 is 83.3 Å². The Morgan fingerprint density at radius 2 is 0.588 bits per heavy atom. The SMILES string of the molecule is C.C.C.C.C.C.CCC(C)CC[C@H](C)C(=O)O.CCC(C)CC[C@H](C)C(=O)OC.CCC(C)CC[C@H](C)C(=O)OC.COC(=O)[C@@H](C)CCC(CNC(=O)OC(C)(C)C)SCc1ccc(OC)cc1.COC(=O)[C@@H](C)CCC(C[N+](=O)[O-])SCc1ccc(OC)cc1.COc1ccc(CSC(CC[C@H](C)C(=O)O)CNC(=O)OC(C)(C)C)cc1. The highest BCUT2D eigenvalue weighted by atomic mass is 32.2. The van der Waals surface area contributed by atoms with Crippen LogP contribution in [0.3, 0.4) is 0 Å².